The van der Waals surface area contributed by atoms with Gasteiger partial charge in [0, 0.05) is 16.7 Å². The van der Waals surface area contributed by atoms with Gasteiger partial charge in [-0.25, -0.2) is 4.98 Å². The molecule has 7 heteroatoms. The minimum Gasteiger partial charge on any atom is -0.346 e. The number of hydrogen-bond donors (Lipinski definition) is 2. The zero-order chi connectivity index (χ0) is 13.0. The molecule has 0 bridgehead atoms. The summed E-state index contributed by atoms with van der Waals surface area (Å²) in [6.45, 7) is 3.16. The van der Waals surface area contributed by atoms with Crippen LogP contribution in [0.3, 0.4) is 0 Å². The fraction of sp³-hybridized carbons (Fsp3) is 0.333. The summed E-state index contributed by atoms with van der Waals surface area (Å²) in [6.07, 6.45) is 0.724. The van der Waals surface area contributed by atoms with Crippen molar-refractivity contribution in [3.63, 3.8) is 0 Å². The molecular weight excluding hydrogens is 302 g/mol. The van der Waals surface area contributed by atoms with Gasteiger partial charge in [-0.15, -0.1) is 35.1 Å². The lowest BCUT2D eigenvalue weighted by atomic mass is 10.3. The van der Waals surface area contributed by atoms with Crippen molar-refractivity contribution in [2.24, 2.45) is 5.73 Å². The van der Waals surface area contributed by atoms with E-state index in [4.69, 9.17) is 5.73 Å². The number of carbonyl (C=O) groups is 1. The van der Waals surface area contributed by atoms with Crippen molar-refractivity contribution in [1.82, 2.24) is 10.3 Å². The molecule has 2 rings (SSSR count). The van der Waals surface area contributed by atoms with E-state index in [0.717, 1.165) is 11.4 Å². The Balaban J connectivity index is 0.00000180. The average Bonchev–Trinajstić information content (AvgIpc) is 2.96. The summed E-state index contributed by atoms with van der Waals surface area (Å²) >= 11 is 3.13. The molecule has 0 aliphatic heterocycles. The van der Waals surface area contributed by atoms with E-state index < -0.39 is 0 Å². The number of halogens is 1. The maximum absolute atomic E-state index is 11.9. The van der Waals surface area contributed by atoms with Crippen molar-refractivity contribution in [2.45, 2.75) is 19.9 Å². The number of nitrogens with zero attached hydrogens (tertiary/aromatic N) is 1. The first-order valence-corrected chi connectivity index (χ1v) is 7.42. The first-order chi connectivity index (χ1) is 8.70. The molecule has 0 aliphatic rings. The van der Waals surface area contributed by atoms with Crippen molar-refractivity contribution < 1.29 is 4.79 Å². The standard InChI is InChI=1S/C12H15N3OS2.ClH/c1-8-3-5-17-10(8)6-14-12(16)9-7-18-11(15-9)2-4-13;/h3,5,7H,2,4,6,13H2,1H3,(H,14,16);1H. The molecule has 0 saturated heterocycles. The Morgan fingerprint density at radius 3 is 2.89 bits per heavy atom. The molecule has 0 spiro atoms. The van der Waals surface area contributed by atoms with E-state index in [9.17, 15) is 4.79 Å². The molecule has 104 valence electrons. The van der Waals surface area contributed by atoms with Crippen LogP contribution in [0.2, 0.25) is 0 Å². The number of aromatic nitrogens is 1. The van der Waals surface area contributed by atoms with Crippen LogP contribution in [0.4, 0.5) is 0 Å². The van der Waals surface area contributed by atoms with Crippen molar-refractivity contribution in [1.29, 1.82) is 0 Å². The van der Waals surface area contributed by atoms with E-state index in [1.165, 1.54) is 21.8 Å². The van der Waals surface area contributed by atoms with Crippen LogP contribution in [0.1, 0.15) is 25.9 Å². The number of carbonyl (C=O) groups excluding carboxylic acids is 1. The fourth-order valence-electron chi connectivity index (χ4n) is 1.49. The summed E-state index contributed by atoms with van der Waals surface area (Å²) in [7, 11) is 0. The molecule has 19 heavy (non-hydrogen) atoms. The summed E-state index contributed by atoms with van der Waals surface area (Å²) in [4.78, 5) is 17.3. The van der Waals surface area contributed by atoms with Gasteiger partial charge in [0.2, 0.25) is 0 Å². The first kappa shape index (κ1) is 16.1. The summed E-state index contributed by atoms with van der Waals surface area (Å²) in [6, 6.07) is 2.05. The summed E-state index contributed by atoms with van der Waals surface area (Å²) in [5.74, 6) is -0.123. The zero-order valence-electron chi connectivity index (χ0n) is 10.5. The second kappa shape index (κ2) is 7.59. The van der Waals surface area contributed by atoms with Gasteiger partial charge >= 0.3 is 0 Å². The Morgan fingerprint density at radius 1 is 1.47 bits per heavy atom. The zero-order valence-corrected chi connectivity index (χ0v) is 13.0. The van der Waals surface area contributed by atoms with Gasteiger partial charge in [0.15, 0.2) is 0 Å². The van der Waals surface area contributed by atoms with E-state index in [0.29, 0.717) is 18.8 Å². The average molecular weight is 318 g/mol. The van der Waals surface area contributed by atoms with Crippen LogP contribution in [-0.2, 0) is 13.0 Å². The van der Waals surface area contributed by atoms with Crippen LogP contribution in [0.25, 0.3) is 0 Å². The Kier molecular flexibility index (Phi) is 6.44. The number of thiophene rings is 1. The van der Waals surface area contributed by atoms with Gasteiger partial charge in [-0.2, -0.15) is 0 Å². The van der Waals surface area contributed by atoms with E-state index in [-0.39, 0.29) is 18.3 Å². The molecule has 1 amide bonds. The predicted molar refractivity (Wildman–Crippen MR) is 82.3 cm³/mol. The number of rotatable bonds is 5. The van der Waals surface area contributed by atoms with Crippen LogP contribution < -0.4 is 11.1 Å². The highest BCUT2D eigenvalue weighted by Gasteiger charge is 2.10. The highest BCUT2D eigenvalue weighted by Crippen LogP contribution is 2.15. The first-order valence-electron chi connectivity index (χ1n) is 5.66. The molecule has 2 aromatic rings. The van der Waals surface area contributed by atoms with Crippen LogP contribution in [0.5, 0.6) is 0 Å². The number of thiazole rings is 1. The Bertz CT molecular complexity index is 539. The Labute approximate surface area is 126 Å². The van der Waals surface area contributed by atoms with Gasteiger partial charge < -0.3 is 11.1 Å². The third-order valence-electron chi connectivity index (χ3n) is 2.52. The second-order valence-electron chi connectivity index (χ2n) is 3.87. The lowest BCUT2D eigenvalue weighted by Gasteiger charge is -2.02. The van der Waals surface area contributed by atoms with Crippen LogP contribution >= 0.6 is 35.1 Å². The maximum Gasteiger partial charge on any atom is 0.271 e. The van der Waals surface area contributed by atoms with E-state index in [1.54, 1.807) is 16.7 Å². The SMILES string of the molecule is Cc1ccsc1CNC(=O)c1csc(CCN)n1.Cl. The number of nitrogens with one attached hydrogen (secondary N) is 1. The lowest BCUT2D eigenvalue weighted by molar-refractivity contribution is 0.0947. The highest BCUT2D eigenvalue weighted by atomic mass is 35.5. The number of hydrogen-bond acceptors (Lipinski definition) is 5. The second-order valence-corrected chi connectivity index (χ2v) is 5.82. The molecule has 0 fully saturated rings. The van der Waals surface area contributed by atoms with Gasteiger partial charge in [0.1, 0.15) is 5.69 Å². The van der Waals surface area contributed by atoms with Gasteiger partial charge in [-0.1, -0.05) is 0 Å². The maximum atomic E-state index is 11.9. The van der Waals surface area contributed by atoms with Gasteiger partial charge in [-0.3, -0.25) is 4.79 Å². The van der Waals surface area contributed by atoms with E-state index >= 15 is 0 Å². The normalized spacial score (nSPS) is 10.0. The minimum atomic E-state index is -0.123. The topological polar surface area (TPSA) is 68.0 Å². The summed E-state index contributed by atoms with van der Waals surface area (Å²) < 4.78 is 0. The summed E-state index contributed by atoms with van der Waals surface area (Å²) in [5.41, 5.74) is 7.15. The van der Waals surface area contributed by atoms with E-state index in [2.05, 4.69) is 10.3 Å². The van der Waals surface area contributed by atoms with Crippen molar-refractivity contribution >= 4 is 41.0 Å². The van der Waals surface area contributed by atoms with Crippen molar-refractivity contribution in [3.05, 3.63) is 38.0 Å². The molecule has 2 aromatic heterocycles. The number of nitrogens with two attached hydrogens (primary N) is 1. The van der Waals surface area contributed by atoms with Gasteiger partial charge in [-0.05, 0) is 30.5 Å². The highest BCUT2D eigenvalue weighted by molar-refractivity contribution is 7.10. The predicted octanol–water partition coefficient (Wildman–Crippen LogP) is 2.37. The van der Waals surface area contributed by atoms with Crippen LogP contribution in [0, 0.1) is 6.92 Å². The molecule has 0 radical (unpaired) electrons. The van der Waals surface area contributed by atoms with Crippen LogP contribution in [0.15, 0.2) is 16.8 Å². The quantitative estimate of drug-likeness (QED) is 0.889. The van der Waals surface area contributed by atoms with E-state index in [1.807, 2.05) is 18.4 Å². The van der Waals surface area contributed by atoms with Crippen LogP contribution in [-0.4, -0.2) is 17.4 Å². The Hall–Kier alpha value is -0.950. The molecule has 0 unspecified atom stereocenters. The third-order valence-corrected chi connectivity index (χ3v) is 4.45. The number of aryl methyl sites for hydroxylation is 1. The monoisotopic (exact) mass is 317 g/mol. The lowest BCUT2D eigenvalue weighted by Crippen LogP contribution is -2.23. The minimum absolute atomic E-state index is 0. The molecule has 2 heterocycles. The molecule has 0 aliphatic carbocycles. The molecular formula is C12H16ClN3OS2. The van der Waals surface area contributed by atoms with Crippen molar-refractivity contribution in [2.75, 3.05) is 6.54 Å². The number of amides is 1. The largest absolute Gasteiger partial charge is 0.346 e. The fourth-order valence-corrected chi connectivity index (χ4v) is 3.13. The molecule has 0 aromatic carbocycles. The Morgan fingerprint density at radius 2 is 2.26 bits per heavy atom. The van der Waals surface area contributed by atoms with Gasteiger partial charge in [0.05, 0.1) is 11.6 Å². The molecule has 4 nitrogen and oxygen atoms in total. The summed E-state index contributed by atoms with van der Waals surface area (Å²) in [5, 5.41) is 7.60. The molecule has 0 atom stereocenters. The molecule has 0 saturated carbocycles. The molecule has 3 N–H and O–H groups in total. The third kappa shape index (κ3) is 4.28. The van der Waals surface area contributed by atoms with Gasteiger partial charge in [0.25, 0.3) is 5.91 Å². The van der Waals surface area contributed by atoms with Crippen molar-refractivity contribution in [3.8, 4) is 0 Å². The smallest absolute Gasteiger partial charge is 0.271 e.